The fourth-order valence-electron chi connectivity index (χ4n) is 2.36. The molecular formula is C13H12ClNO6S. The topological polar surface area (TPSA) is 114 Å². The average Bonchev–Trinajstić information content (AvgIpc) is 2.32. The maximum Gasteiger partial charge on any atom is 0.446 e. The fourth-order valence-corrected chi connectivity index (χ4v) is 3.09. The number of rotatable bonds is 3. The van der Waals surface area contributed by atoms with Gasteiger partial charge in [-0.25, -0.2) is 0 Å². The van der Waals surface area contributed by atoms with E-state index >= 15 is 0 Å². The molecule has 0 amide bonds. The molecule has 1 aromatic heterocycles. The van der Waals surface area contributed by atoms with Crippen LogP contribution in [0.4, 0.5) is 0 Å². The Hall–Kier alpha value is -1.90. The molecule has 2 N–H and O–H groups in total. The summed E-state index contributed by atoms with van der Waals surface area (Å²) in [6.07, 6.45) is 0. The van der Waals surface area contributed by atoms with E-state index < -0.39 is 21.7 Å². The molecule has 0 atom stereocenters. The van der Waals surface area contributed by atoms with Crippen LogP contribution < -0.4 is 9.74 Å². The number of fused-ring (bicyclic) bond motifs is 1. The van der Waals surface area contributed by atoms with Crippen molar-refractivity contribution in [2.45, 2.75) is 20.8 Å². The molecule has 1 heterocycles. The number of pyridine rings is 1. The number of halogens is 1. The summed E-state index contributed by atoms with van der Waals surface area (Å²) in [7, 11) is -4.83. The van der Waals surface area contributed by atoms with Crippen molar-refractivity contribution in [3.8, 4) is 5.75 Å². The number of carbonyl (C=O) groups excluding carboxylic acids is 1. The van der Waals surface area contributed by atoms with E-state index in [1.165, 1.54) is 19.9 Å². The molecule has 0 radical (unpaired) electrons. The lowest BCUT2D eigenvalue weighted by atomic mass is 9.99. The van der Waals surface area contributed by atoms with Crippen LogP contribution >= 0.6 is 11.6 Å². The number of hydrogen-bond donors (Lipinski definition) is 2. The second kappa shape index (κ2) is 5.38. The van der Waals surface area contributed by atoms with E-state index in [1.54, 1.807) is 6.92 Å². The van der Waals surface area contributed by atoms with Gasteiger partial charge in [-0.3, -0.25) is 14.1 Å². The second-order valence-electron chi connectivity index (χ2n) is 4.78. The minimum Gasteiger partial charge on any atom is -0.359 e. The zero-order valence-electron chi connectivity index (χ0n) is 11.9. The van der Waals surface area contributed by atoms with Gasteiger partial charge < -0.3 is 9.17 Å². The molecule has 118 valence electrons. The van der Waals surface area contributed by atoms with E-state index in [9.17, 15) is 18.0 Å². The third kappa shape index (κ3) is 2.85. The van der Waals surface area contributed by atoms with Crippen LogP contribution in [0.2, 0.25) is 5.02 Å². The van der Waals surface area contributed by atoms with Gasteiger partial charge in [0.15, 0.2) is 11.5 Å². The molecular weight excluding hydrogens is 334 g/mol. The maximum absolute atomic E-state index is 12.0. The highest BCUT2D eigenvalue weighted by atomic mass is 35.5. The summed E-state index contributed by atoms with van der Waals surface area (Å²) in [5.41, 5.74) is 0.319. The van der Waals surface area contributed by atoms with Gasteiger partial charge in [0.1, 0.15) is 0 Å². The van der Waals surface area contributed by atoms with E-state index in [-0.39, 0.29) is 32.8 Å². The van der Waals surface area contributed by atoms with Gasteiger partial charge >= 0.3 is 10.4 Å². The van der Waals surface area contributed by atoms with Gasteiger partial charge in [-0.15, -0.1) is 0 Å². The summed E-state index contributed by atoms with van der Waals surface area (Å²) in [6, 6.07) is 1.38. The van der Waals surface area contributed by atoms with Crippen LogP contribution in [0.25, 0.3) is 10.9 Å². The molecule has 2 aromatic rings. The summed E-state index contributed by atoms with van der Waals surface area (Å²) >= 11 is 5.98. The van der Waals surface area contributed by atoms with Gasteiger partial charge in [-0.1, -0.05) is 11.6 Å². The Bertz CT molecular complexity index is 961. The van der Waals surface area contributed by atoms with Gasteiger partial charge in [0, 0.05) is 5.39 Å². The summed E-state index contributed by atoms with van der Waals surface area (Å²) in [5.74, 6) is -0.836. The Kier molecular flexibility index (Phi) is 4.03. The van der Waals surface area contributed by atoms with Crippen molar-refractivity contribution in [2.75, 3.05) is 0 Å². The van der Waals surface area contributed by atoms with Crippen molar-refractivity contribution < 1.29 is 21.9 Å². The molecule has 0 unspecified atom stereocenters. The van der Waals surface area contributed by atoms with Crippen molar-refractivity contribution >= 4 is 38.7 Å². The van der Waals surface area contributed by atoms with E-state index in [1.807, 2.05) is 0 Å². The van der Waals surface area contributed by atoms with Crippen LogP contribution in [0.3, 0.4) is 0 Å². The molecule has 22 heavy (non-hydrogen) atoms. The SMILES string of the molecule is CC(=O)c1c(C)c2c(OS(=O)(=O)O)c(Cl)cc(C)c2[nH]c1=O. The lowest BCUT2D eigenvalue weighted by Gasteiger charge is -2.14. The monoisotopic (exact) mass is 345 g/mol. The molecule has 0 spiro atoms. The molecule has 0 aliphatic heterocycles. The highest BCUT2D eigenvalue weighted by molar-refractivity contribution is 7.81. The lowest BCUT2D eigenvalue weighted by Crippen LogP contribution is -2.19. The molecule has 0 saturated heterocycles. The third-order valence-electron chi connectivity index (χ3n) is 3.19. The first-order valence-electron chi connectivity index (χ1n) is 6.06. The third-order valence-corrected chi connectivity index (χ3v) is 3.85. The highest BCUT2D eigenvalue weighted by Gasteiger charge is 2.22. The number of aryl methyl sites for hydroxylation is 2. The number of aromatic nitrogens is 1. The predicted molar refractivity (Wildman–Crippen MR) is 81.2 cm³/mol. The van der Waals surface area contributed by atoms with Gasteiger partial charge in [0.2, 0.25) is 0 Å². The number of H-pyrrole nitrogens is 1. The minimum atomic E-state index is -4.83. The Labute approximate surface area is 130 Å². The first-order valence-corrected chi connectivity index (χ1v) is 7.80. The van der Waals surface area contributed by atoms with Gasteiger partial charge in [-0.05, 0) is 38.0 Å². The summed E-state index contributed by atoms with van der Waals surface area (Å²) < 4.78 is 35.4. The summed E-state index contributed by atoms with van der Waals surface area (Å²) in [4.78, 5) is 26.2. The van der Waals surface area contributed by atoms with E-state index in [2.05, 4.69) is 9.17 Å². The molecule has 0 aliphatic rings. The lowest BCUT2D eigenvalue weighted by molar-refractivity contribution is 0.101. The first kappa shape index (κ1) is 16.5. The maximum atomic E-state index is 12.0. The largest absolute Gasteiger partial charge is 0.446 e. The average molecular weight is 346 g/mol. The fraction of sp³-hybridized carbons (Fsp3) is 0.231. The molecule has 0 aliphatic carbocycles. The molecule has 0 fully saturated rings. The van der Waals surface area contributed by atoms with Crippen LogP contribution in [0.1, 0.15) is 28.4 Å². The van der Waals surface area contributed by atoms with Crippen molar-refractivity contribution in [1.82, 2.24) is 4.98 Å². The number of ketones is 1. The zero-order chi connectivity index (χ0) is 16.8. The van der Waals surface area contributed by atoms with Crippen molar-refractivity contribution in [1.29, 1.82) is 0 Å². The normalized spacial score (nSPS) is 11.7. The predicted octanol–water partition coefficient (Wildman–Crippen LogP) is 2.18. The molecule has 9 heteroatoms. The Balaban J connectivity index is 3.06. The van der Waals surface area contributed by atoms with E-state index in [4.69, 9.17) is 16.2 Å². The van der Waals surface area contributed by atoms with Crippen LogP contribution in [0, 0.1) is 13.8 Å². The number of hydrogen-bond acceptors (Lipinski definition) is 5. The van der Waals surface area contributed by atoms with Gasteiger partial charge in [-0.2, -0.15) is 8.42 Å². The highest BCUT2D eigenvalue weighted by Crippen LogP contribution is 2.37. The van der Waals surface area contributed by atoms with Crippen molar-refractivity contribution in [3.05, 3.63) is 38.1 Å². The minimum absolute atomic E-state index is 0.0766. The summed E-state index contributed by atoms with van der Waals surface area (Å²) in [6.45, 7) is 4.33. The van der Waals surface area contributed by atoms with Crippen LogP contribution in [0.15, 0.2) is 10.9 Å². The molecule has 7 nitrogen and oxygen atoms in total. The molecule has 0 bridgehead atoms. The quantitative estimate of drug-likeness (QED) is 0.651. The van der Waals surface area contributed by atoms with Crippen molar-refractivity contribution in [3.63, 3.8) is 0 Å². The van der Waals surface area contributed by atoms with E-state index in [0.717, 1.165) is 0 Å². The van der Waals surface area contributed by atoms with Crippen LogP contribution in [-0.2, 0) is 10.4 Å². The van der Waals surface area contributed by atoms with Crippen LogP contribution in [0.5, 0.6) is 5.75 Å². The smallest absolute Gasteiger partial charge is 0.359 e. The standard InChI is InChI=1S/C13H12ClNO6S/c1-5-4-8(14)12(21-22(18,19)20)10-6(2)9(7(3)16)13(17)15-11(5)10/h4H,1-3H3,(H,15,17)(H,18,19,20). The van der Waals surface area contributed by atoms with Crippen LogP contribution in [-0.4, -0.2) is 23.7 Å². The Morgan fingerprint density at radius 2 is 1.95 bits per heavy atom. The number of Topliss-reactive ketones (excluding diaryl/α,β-unsaturated/α-hetero) is 1. The Morgan fingerprint density at radius 1 is 1.36 bits per heavy atom. The van der Waals surface area contributed by atoms with E-state index in [0.29, 0.717) is 5.56 Å². The first-order chi connectivity index (χ1) is 10.0. The number of nitrogens with one attached hydrogen (secondary N) is 1. The summed E-state index contributed by atoms with van der Waals surface area (Å²) in [5, 5.41) is 0.0692. The number of benzene rings is 1. The second-order valence-corrected chi connectivity index (χ2v) is 6.21. The zero-order valence-corrected chi connectivity index (χ0v) is 13.4. The van der Waals surface area contributed by atoms with Crippen molar-refractivity contribution in [2.24, 2.45) is 0 Å². The Morgan fingerprint density at radius 3 is 2.45 bits per heavy atom. The van der Waals surface area contributed by atoms with Gasteiger partial charge in [0.25, 0.3) is 5.56 Å². The molecule has 0 saturated carbocycles. The molecule has 2 rings (SSSR count). The molecule has 1 aromatic carbocycles. The number of carbonyl (C=O) groups is 1. The number of aromatic amines is 1. The van der Waals surface area contributed by atoms with Gasteiger partial charge in [0.05, 0.1) is 16.1 Å².